The lowest BCUT2D eigenvalue weighted by Gasteiger charge is -2.07. The molecule has 0 bridgehead atoms. The van der Waals surface area contributed by atoms with Gasteiger partial charge in [0, 0.05) is 18.9 Å². The third kappa shape index (κ3) is 4.92. The van der Waals surface area contributed by atoms with Crippen LogP contribution in [0.5, 0.6) is 0 Å². The highest BCUT2D eigenvalue weighted by Gasteiger charge is 2.09. The SMILES string of the molecule is COC(=O)CNC(=O)CSc1nccn1Cc1ccccc1. The maximum atomic E-state index is 11.7. The minimum absolute atomic E-state index is 0.117. The summed E-state index contributed by atoms with van der Waals surface area (Å²) in [5.74, 6) is -0.503. The lowest BCUT2D eigenvalue weighted by atomic mass is 10.2. The minimum atomic E-state index is -0.469. The van der Waals surface area contributed by atoms with Crippen LogP contribution >= 0.6 is 11.8 Å². The van der Waals surface area contributed by atoms with E-state index in [0.717, 1.165) is 10.7 Å². The van der Waals surface area contributed by atoms with Crippen LogP contribution in [-0.2, 0) is 20.9 Å². The average molecular weight is 319 g/mol. The van der Waals surface area contributed by atoms with Crippen molar-refractivity contribution in [2.45, 2.75) is 11.7 Å². The number of hydrogen-bond donors (Lipinski definition) is 1. The normalized spacial score (nSPS) is 10.2. The van der Waals surface area contributed by atoms with Gasteiger partial charge in [0.15, 0.2) is 5.16 Å². The summed E-state index contributed by atoms with van der Waals surface area (Å²) in [5, 5.41) is 3.25. The van der Waals surface area contributed by atoms with Gasteiger partial charge in [0.25, 0.3) is 0 Å². The van der Waals surface area contributed by atoms with Crippen LogP contribution in [0.3, 0.4) is 0 Å². The highest BCUT2D eigenvalue weighted by molar-refractivity contribution is 7.99. The van der Waals surface area contributed by atoms with E-state index in [2.05, 4.69) is 15.0 Å². The van der Waals surface area contributed by atoms with Gasteiger partial charge in [-0.3, -0.25) is 9.59 Å². The molecule has 2 aromatic rings. The molecule has 116 valence electrons. The number of rotatable bonds is 7. The van der Waals surface area contributed by atoms with Gasteiger partial charge in [-0.05, 0) is 5.56 Å². The van der Waals surface area contributed by atoms with Crippen molar-refractivity contribution >= 4 is 23.6 Å². The standard InChI is InChI=1S/C15H17N3O3S/c1-21-14(20)9-17-13(19)11-22-15-16-7-8-18(15)10-12-5-3-2-4-6-12/h2-8H,9-11H2,1H3,(H,17,19). The van der Waals surface area contributed by atoms with Crippen LogP contribution in [0.1, 0.15) is 5.56 Å². The molecule has 0 aliphatic carbocycles. The van der Waals surface area contributed by atoms with E-state index in [1.807, 2.05) is 41.1 Å². The van der Waals surface area contributed by atoms with Gasteiger partial charge >= 0.3 is 5.97 Å². The monoisotopic (exact) mass is 319 g/mol. The fraction of sp³-hybridized carbons (Fsp3) is 0.267. The Kier molecular flexibility index (Phi) is 6.02. The first-order chi connectivity index (χ1) is 10.7. The zero-order chi connectivity index (χ0) is 15.8. The largest absolute Gasteiger partial charge is 0.468 e. The van der Waals surface area contributed by atoms with Crippen LogP contribution in [0.2, 0.25) is 0 Å². The Morgan fingerprint density at radius 2 is 2.09 bits per heavy atom. The number of benzene rings is 1. The molecule has 2 rings (SSSR count). The third-order valence-corrected chi connectivity index (χ3v) is 3.87. The first-order valence-electron chi connectivity index (χ1n) is 6.70. The predicted molar refractivity (Wildman–Crippen MR) is 83.5 cm³/mol. The Labute approximate surface area is 132 Å². The van der Waals surface area contributed by atoms with Crippen LogP contribution in [0.15, 0.2) is 47.9 Å². The van der Waals surface area contributed by atoms with Crippen molar-refractivity contribution in [3.05, 3.63) is 48.3 Å². The maximum Gasteiger partial charge on any atom is 0.325 e. The fourth-order valence-corrected chi connectivity index (χ4v) is 2.55. The molecule has 0 saturated carbocycles. The number of nitrogens with one attached hydrogen (secondary N) is 1. The molecule has 22 heavy (non-hydrogen) atoms. The Morgan fingerprint density at radius 3 is 2.82 bits per heavy atom. The molecule has 1 amide bonds. The number of hydrogen-bond acceptors (Lipinski definition) is 5. The molecule has 6 nitrogen and oxygen atoms in total. The van der Waals surface area contributed by atoms with Crippen LogP contribution in [0.4, 0.5) is 0 Å². The van der Waals surface area contributed by atoms with Gasteiger partial charge in [0.05, 0.1) is 12.9 Å². The smallest absolute Gasteiger partial charge is 0.325 e. The van der Waals surface area contributed by atoms with E-state index in [1.54, 1.807) is 6.20 Å². The van der Waals surface area contributed by atoms with Gasteiger partial charge in [-0.15, -0.1) is 0 Å². The molecule has 0 saturated heterocycles. The first-order valence-corrected chi connectivity index (χ1v) is 7.69. The van der Waals surface area contributed by atoms with Gasteiger partial charge in [0.2, 0.25) is 5.91 Å². The average Bonchev–Trinajstić information content (AvgIpc) is 2.98. The van der Waals surface area contributed by atoms with Crippen LogP contribution < -0.4 is 5.32 Å². The molecule has 1 N–H and O–H groups in total. The number of methoxy groups -OCH3 is 1. The molecule has 1 heterocycles. The van der Waals surface area contributed by atoms with Crippen molar-refractivity contribution in [1.82, 2.24) is 14.9 Å². The van der Waals surface area contributed by atoms with Gasteiger partial charge in [-0.2, -0.15) is 0 Å². The number of amides is 1. The fourth-order valence-electron chi connectivity index (χ4n) is 1.76. The number of esters is 1. The van der Waals surface area contributed by atoms with E-state index in [4.69, 9.17) is 0 Å². The highest BCUT2D eigenvalue weighted by Crippen LogP contribution is 2.16. The second kappa shape index (κ2) is 8.23. The highest BCUT2D eigenvalue weighted by atomic mass is 32.2. The maximum absolute atomic E-state index is 11.7. The van der Waals surface area contributed by atoms with Crippen molar-refractivity contribution in [3.8, 4) is 0 Å². The zero-order valence-electron chi connectivity index (χ0n) is 12.2. The van der Waals surface area contributed by atoms with Crippen LogP contribution in [-0.4, -0.2) is 40.8 Å². The van der Waals surface area contributed by atoms with E-state index < -0.39 is 5.97 Å². The molecular formula is C15H17N3O3S. The summed E-state index contributed by atoms with van der Waals surface area (Å²) in [5.41, 5.74) is 1.16. The Balaban J connectivity index is 1.85. The number of nitrogens with zero attached hydrogens (tertiary/aromatic N) is 2. The van der Waals surface area contributed by atoms with Gasteiger partial charge < -0.3 is 14.6 Å². The van der Waals surface area contributed by atoms with Gasteiger partial charge in [-0.25, -0.2) is 4.98 Å². The number of thioether (sulfide) groups is 1. The molecule has 0 unspecified atom stereocenters. The number of aromatic nitrogens is 2. The minimum Gasteiger partial charge on any atom is -0.468 e. The summed E-state index contributed by atoms with van der Waals surface area (Å²) in [6, 6.07) is 10.0. The summed E-state index contributed by atoms with van der Waals surface area (Å²) in [7, 11) is 1.28. The first kappa shape index (κ1) is 16.1. The molecule has 0 aliphatic heterocycles. The van der Waals surface area contributed by atoms with E-state index in [1.165, 1.54) is 18.9 Å². The predicted octanol–water partition coefficient (Wildman–Crippen LogP) is 1.31. The number of carbonyl (C=O) groups is 2. The lowest BCUT2D eigenvalue weighted by molar-refractivity contribution is -0.140. The summed E-state index contributed by atoms with van der Waals surface area (Å²) >= 11 is 1.33. The van der Waals surface area contributed by atoms with Crippen molar-refractivity contribution in [3.63, 3.8) is 0 Å². The molecular weight excluding hydrogens is 302 g/mol. The molecule has 0 aliphatic rings. The van der Waals surface area contributed by atoms with Crippen molar-refractivity contribution in [1.29, 1.82) is 0 Å². The summed E-state index contributed by atoms with van der Waals surface area (Å²) in [6.07, 6.45) is 3.58. The van der Waals surface area contributed by atoms with E-state index in [0.29, 0.717) is 6.54 Å². The molecule has 1 aromatic heterocycles. The van der Waals surface area contributed by atoms with Crippen molar-refractivity contribution in [2.75, 3.05) is 19.4 Å². The van der Waals surface area contributed by atoms with Gasteiger partial charge in [0.1, 0.15) is 6.54 Å². The van der Waals surface area contributed by atoms with E-state index in [9.17, 15) is 9.59 Å². The topological polar surface area (TPSA) is 73.2 Å². The molecule has 0 spiro atoms. The van der Waals surface area contributed by atoms with Crippen molar-refractivity contribution < 1.29 is 14.3 Å². The molecule has 0 atom stereocenters. The second-order valence-electron chi connectivity index (χ2n) is 4.46. The summed E-state index contributed by atoms with van der Waals surface area (Å²) in [4.78, 5) is 26.8. The van der Waals surface area contributed by atoms with Crippen LogP contribution in [0.25, 0.3) is 0 Å². The Hall–Kier alpha value is -2.28. The number of carbonyl (C=O) groups excluding carboxylic acids is 2. The van der Waals surface area contributed by atoms with E-state index >= 15 is 0 Å². The van der Waals surface area contributed by atoms with Gasteiger partial charge in [-0.1, -0.05) is 42.1 Å². The molecule has 7 heteroatoms. The molecule has 1 aromatic carbocycles. The summed E-state index contributed by atoms with van der Waals surface area (Å²) in [6.45, 7) is 0.585. The number of ether oxygens (including phenoxy) is 1. The second-order valence-corrected chi connectivity index (χ2v) is 5.41. The lowest BCUT2D eigenvalue weighted by Crippen LogP contribution is -2.31. The third-order valence-electron chi connectivity index (χ3n) is 2.86. The summed E-state index contributed by atoms with van der Waals surface area (Å²) < 4.78 is 6.44. The zero-order valence-corrected chi connectivity index (χ0v) is 13.0. The molecule has 0 radical (unpaired) electrons. The van der Waals surface area contributed by atoms with Crippen LogP contribution in [0, 0.1) is 0 Å². The quantitative estimate of drug-likeness (QED) is 0.615. The molecule has 0 fully saturated rings. The number of imidazole rings is 1. The Bertz CT molecular complexity index is 628. The van der Waals surface area contributed by atoms with E-state index in [-0.39, 0.29) is 18.2 Å². The Morgan fingerprint density at radius 1 is 1.32 bits per heavy atom. The van der Waals surface area contributed by atoms with Crippen molar-refractivity contribution in [2.24, 2.45) is 0 Å².